The van der Waals surface area contributed by atoms with Crippen molar-refractivity contribution >= 4 is 17.5 Å². The van der Waals surface area contributed by atoms with Crippen molar-refractivity contribution in [3.8, 4) is 0 Å². The fourth-order valence-electron chi connectivity index (χ4n) is 1.83. The number of hydrogen-bond donors (Lipinski definition) is 1. The fraction of sp³-hybridized carbons (Fsp3) is 0.364. The third kappa shape index (κ3) is 2.29. The summed E-state index contributed by atoms with van der Waals surface area (Å²) in [7, 11) is 0. The van der Waals surface area contributed by atoms with Crippen molar-refractivity contribution in [3.63, 3.8) is 0 Å². The average molecular weight is 228 g/mol. The summed E-state index contributed by atoms with van der Waals surface area (Å²) in [6.45, 7) is 0.660. The van der Waals surface area contributed by atoms with E-state index < -0.39 is 5.82 Å². The van der Waals surface area contributed by atoms with Crippen LogP contribution in [0.4, 0.5) is 4.39 Å². The van der Waals surface area contributed by atoms with E-state index in [9.17, 15) is 9.18 Å². The highest BCUT2D eigenvalue weighted by atomic mass is 35.5. The number of carbonyl (C=O) groups is 1. The van der Waals surface area contributed by atoms with Gasteiger partial charge in [0.2, 0.25) is 5.91 Å². The maximum atomic E-state index is 13.2. The Labute approximate surface area is 92.4 Å². The van der Waals surface area contributed by atoms with Crippen LogP contribution in [-0.4, -0.2) is 12.5 Å². The molecular weight excluding hydrogens is 217 g/mol. The molecule has 1 aliphatic heterocycles. The third-order valence-electron chi connectivity index (χ3n) is 2.66. The van der Waals surface area contributed by atoms with Crippen LogP contribution in [0.2, 0.25) is 5.02 Å². The SMILES string of the molecule is O=C1CC(c2ccc(Cl)c(F)c2)CCN1. The van der Waals surface area contributed by atoms with Gasteiger partial charge in [0.25, 0.3) is 0 Å². The van der Waals surface area contributed by atoms with Gasteiger partial charge in [-0.25, -0.2) is 4.39 Å². The summed E-state index contributed by atoms with van der Waals surface area (Å²) >= 11 is 5.59. The lowest BCUT2D eigenvalue weighted by Crippen LogP contribution is -2.32. The largest absolute Gasteiger partial charge is 0.356 e. The van der Waals surface area contributed by atoms with E-state index in [2.05, 4.69) is 5.32 Å². The molecule has 1 saturated heterocycles. The molecule has 1 atom stereocenters. The Kier molecular flexibility index (Phi) is 2.91. The van der Waals surface area contributed by atoms with Crippen molar-refractivity contribution in [2.24, 2.45) is 0 Å². The van der Waals surface area contributed by atoms with Crippen LogP contribution in [0.5, 0.6) is 0 Å². The normalized spacial score (nSPS) is 21.2. The first-order valence-corrected chi connectivity index (χ1v) is 5.26. The first-order valence-electron chi connectivity index (χ1n) is 4.88. The summed E-state index contributed by atoms with van der Waals surface area (Å²) in [5.74, 6) is -0.271. The summed E-state index contributed by atoms with van der Waals surface area (Å²) in [5.41, 5.74) is 0.853. The zero-order chi connectivity index (χ0) is 10.8. The van der Waals surface area contributed by atoms with Gasteiger partial charge >= 0.3 is 0 Å². The molecule has 2 nitrogen and oxygen atoms in total. The van der Waals surface area contributed by atoms with Crippen LogP contribution >= 0.6 is 11.6 Å². The lowest BCUT2D eigenvalue weighted by molar-refractivity contribution is -0.122. The molecular formula is C11H11ClFNO. The number of piperidine rings is 1. The van der Waals surface area contributed by atoms with Gasteiger partial charge in [-0.15, -0.1) is 0 Å². The number of nitrogens with one attached hydrogen (secondary N) is 1. The van der Waals surface area contributed by atoms with Crippen LogP contribution in [-0.2, 0) is 4.79 Å². The molecule has 0 saturated carbocycles. The van der Waals surface area contributed by atoms with E-state index in [-0.39, 0.29) is 16.8 Å². The second-order valence-electron chi connectivity index (χ2n) is 3.71. The van der Waals surface area contributed by atoms with Gasteiger partial charge in [0.15, 0.2) is 0 Å². The number of hydrogen-bond acceptors (Lipinski definition) is 1. The predicted octanol–water partition coefficient (Wildman–Crippen LogP) is 2.47. The van der Waals surface area contributed by atoms with Gasteiger partial charge in [0.05, 0.1) is 5.02 Å². The Morgan fingerprint density at radius 1 is 1.47 bits per heavy atom. The number of benzene rings is 1. The topological polar surface area (TPSA) is 29.1 Å². The molecule has 1 aliphatic rings. The molecule has 0 aliphatic carbocycles. The number of amides is 1. The molecule has 1 amide bonds. The van der Waals surface area contributed by atoms with Crippen molar-refractivity contribution in [2.75, 3.05) is 6.54 Å². The summed E-state index contributed by atoms with van der Waals surface area (Å²) in [4.78, 5) is 11.2. The molecule has 0 radical (unpaired) electrons. The van der Waals surface area contributed by atoms with E-state index in [1.807, 2.05) is 0 Å². The molecule has 15 heavy (non-hydrogen) atoms. The number of carbonyl (C=O) groups excluding carboxylic acids is 1. The second kappa shape index (κ2) is 4.19. The van der Waals surface area contributed by atoms with Gasteiger partial charge in [-0.2, -0.15) is 0 Å². The van der Waals surface area contributed by atoms with Gasteiger partial charge in [-0.05, 0) is 30.0 Å². The van der Waals surface area contributed by atoms with Gasteiger partial charge in [-0.1, -0.05) is 17.7 Å². The molecule has 1 aromatic carbocycles. The Bertz CT molecular complexity index is 394. The van der Waals surface area contributed by atoms with Crippen LogP contribution in [0.25, 0.3) is 0 Å². The average Bonchev–Trinajstić information content (AvgIpc) is 2.22. The van der Waals surface area contributed by atoms with E-state index in [1.165, 1.54) is 6.07 Å². The lowest BCUT2D eigenvalue weighted by Gasteiger charge is -2.22. The van der Waals surface area contributed by atoms with Crippen molar-refractivity contribution in [2.45, 2.75) is 18.8 Å². The Morgan fingerprint density at radius 3 is 2.93 bits per heavy atom. The molecule has 0 bridgehead atoms. The highest BCUT2D eigenvalue weighted by molar-refractivity contribution is 6.30. The van der Waals surface area contributed by atoms with E-state index >= 15 is 0 Å². The zero-order valence-corrected chi connectivity index (χ0v) is 8.85. The summed E-state index contributed by atoms with van der Waals surface area (Å²) in [6.07, 6.45) is 1.29. The Balaban J connectivity index is 2.21. The first-order chi connectivity index (χ1) is 7.16. The Morgan fingerprint density at radius 2 is 2.27 bits per heavy atom. The number of rotatable bonds is 1. The minimum Gasteiger partial charge on any atom is -0.356 e. The van der Waals surface area contributed by atoms with Gasteiger partial charge in [-0.3, -0.25) is 4.79 Å². The third-order valence-corrected chi connectivity index (χ3v) is 2.97. The number of halogens is 2. The fourth-order valence-corrected chi connectivity index (χ4v) is 1.95. The zero-order valence-electron chi connectivity index (χ0n) is 8.09. The van der Waals surface area contributed by atoms with Crippen LogP contribution in [0, 0.1) is 5.82 Å². The molecule has 1 N–H and O–H groups in total. The van der Waals surface area contributed by atoms with Crippen molar-refractivity contribution < 1.29 is 9.18 Å². The van der Waals surface area contributed by atoms with Crippen LogP contribution in [0.15, 0.2) is 18.2 Å². The van der Waals surface area contributed by atoms with Crippen molar-refractivity contribution in [3.05, 3.63) is 34.6 Å². The highest BCUT2D eigenvalue weighted by Gasteiger charge is 2.21. The first kappa shape index (κ1) is 10.4. The smallest absolute Gasteiger partial charge is 0.220 e. The molecule has 1 fully saturated rings. The minimum absolute atomic E-state index is 0.0293. The van der Waals surface area contributed by atoms with Crippen LogP contribution < -0.4 is 5.32 Å². The molecule has 1 heterocycles. The van der Waals surface area contributed by atoms with Crippen molar-refractivity contribution in [1.82, 2.24) is 5.32 Å². The van der Waals surface area contributed by atoms with E-state index in [0.717, 1.165) is 12.0 Å². The molecule has 1 aromatic rings. The summed E-state index contributed by atoms with van der Waals surface area (Å²) in [5, 5.41) is 2.87. The molecule has 4 heteroatoms. The minimum atomic E-state index is -0.417. The molecule has 2 rings (SSSR count). The van der Waals surface area contributed by atoms with E-state index in [1.54, 1.807) is 12.1 Å². The van der Waals surface area contributed by atoms with E-state index in [0.29, 0.717) is 13.0 Å². The standard InChI is InChI=1S/C11H11ClFNO/c12-9-2-1-7(5-10(9)13)8-3-4-14-11(15)6-8/h1-2,5,8H,3-4,6H2,(H,14,15). The van der Waals surface area contributed by atoms with Crippen LogP contribution in [0.1, 0.15) is 24.3 Å². The predicted molar refractivity (Wildman–Crippen MR) is 56.4 cm³/mol. The van der Waals surface area contributed by atoms with E-state index in [4.69, 9.17) is 11.6 Å². The highest BCUT2D eigenvalue weighted by Crippen LogP contribution is 2.28. The molecule has 0 spiro atoms. The van der Waals surface area contributed by atoms with Crippen LogP contribution in [0.3, 0.4) is 0 Å². The quantitative estimate of drug-likeness (QED) is 0.785. The Hall–Kier alpha value is -1.09. The maximum absolute atomic E-state index is 13.2. The molecule has 0 aromatic heterocycles. The maximum Gasteiger partial charge on any atom is 0.220 e. The van der Waals surface area contributed by atoms with Gasteiger partial charge in [0, 0.05) is 13.0 Å². The van der Waals surface area contributed by atoms with Gasteiger partial charge in [0.1, 0.15) is 5.82 Å². The van der Waals surface area contributed by atoms with Crippen molar-refractivity contribution in [1.29, 1.82) is 0 Å². The lowest BCUT2D eigenvalue weighted by atomic mass is 9.90. The molecule has 1 unspecified atom stereocenters. The second-order valence-corrected chi connectivity index (χ2v) is 4.12. The monoisotopic (exact) mass is 227 g/mol. The van der Waals surface area contributed by atoms with Gasteiger partial charge < -0.3 is 5.32 Å². The summed E-state index contributed by atoms with van der Waals surface area (Å²) in [6, 6.07) is 4.75. The molecule has 80 valence electrons. The summed E-state index contributed by atoms with van der Waals surface area (Å²) < 4.78 is 13.2.